The van der Waals surface area contributed by atoms with Gasteiger partial charge in [-0.2, -0.15) is 0 Å². The van der Waals surface area contributed by atoms with Gasteiger partial charge in [0.05, 0.1) is 25.9 Å². The summed E-state index contributed by atoms with van der Waals surface area (Å²) < 4.78 is 11.1. The SMILES string of the molecule is C=C(C)COCC(C)C(C)OCC(=C)C. The molecule has 2 heteroatoms. The molecule has 0 rings (SSSR count). The third-order valence-electron chi connectivity index (χ3n) is 2.12. The van der Waals surface area contributed by atoms with E-state index in [-0.39, 0.29) is 6.10 Å². The van der Waals surface area contributed by atoms with Crippen molar-refractivity contribution in [1.82, 2.24) is 0 Å². The molecule has 0 aromatic carbocycles. The van der Waals surface area contributed by atoms with Crippen LogP contribution in [0.3, 0.4) is 0 Å². The molecule has 0 amide bonds. The van der Waals surface area contributed by atoms with Gasteiger partial charge < -0.3 is 9.47 Å². The zero-order valence-corrected chi connectivity index (χ0v) is 10.5. The number of rotatable bonds is 8. The van der Waals surface area contributed by atoms with Crippen molar-refractivity contribution in [2.24, 2.45) is 5.92 Å². The fraction of sp³-hybridized carbons (Fsp3) is 0.692. The summed E-state index contributed by atoms with van der Waals surface area (Å²) in [7, 11) is 0. The van der Waals surface area contributed by atoms with Gasteiger partial charge in [0, 0.05) is 5.92 Å². The standard InChI is InChI=1S/C13H24O2/c1-10(2)7-14-9-12(5)13(6)15-8-11(3)4/h12-13H,1,3,7-9H2,2,4-6H3. The first-order valence-electron chi connectivity index (χ1n) is 5.41. The van der Waals surface area contributed by atoms with Crippen LogP contribution in [-0.4, -0.2) is 25.9 Å². The first-order chi connectivity index (χ1) is 6.93. The van der Waals surface area contributed by atoms with Gasteiger partial charge in [-0.1, -0.05) is 31.2 Å². The van der Waals surface area contributed by atoms with Gasteiger partial charge >= 0.3 is 0 Å². The summed E-state index contributed by atoms with van der Waals surface area (Å²) in [5, 5.41) is 0. The van der Waals surface area contributed by atoms with Crippen LogP contribution in [0.25, 0.3) is 0 Å². The summed E-state index contributed by atoms with van der Waals surface area (Å²) in [5.41, 5.74) is 2.11. The van der Waals surface area contributed by atoms with Gasteiger partial charge in [0.2, 0.25) is 0 Å². The Hall–Kier alpha value is -0.600. The van der Waals surface area contributed by atoms with E-state index >= 15 is 0 Å². The van der Waals surface area contributed by atoms with Gasteiger partial charge in [-0.25, -0.2) is 0 Å². The summed E-state index contributed by atoms with van der Waals surface area (Å²) in [4.78, 5) is 0. The molecule has 0 fully saturated rings. The van der Waals surface area contributed by atoms with Gasteiger partial charge in [-0.05, 0) is 20.8 Å². The van der Waals surface area contributed by atoms with Crippen LogP contribution >= 0.6 is 0 Å². The van der Waals surface area contributed by atoms with Crippen LogP contribution in [0.2, 0.25) is 0 Å². The normalized spacial score (nSPS) is 14.7. The van der Waals surface area contributed by atoms with Gasteiger partial charge in [0.15, 0.2) is 0 Å². The van der Waals surface area contributed by atoms with Gasteiger partial charge in [0.25, 0.3) is 0 Å². The highest BCUT2D eigenvalue weighted by Gasteiger charge is 2.12. The van der Waals surface area contributed by atoms with E-state index in [2.05, 4.69) is 27.0 Å². The van der Waals surface area contributed by atoms with Crippen molar-refractivity contribution in [3.05, 3.63) is 24.3 Å². The van der Waals surface area contributed by atoms with Crippen molar-refractivity contribution in [2.45, 2.75) is 33.8 Å². The summed E-state index contributed by atoms with van der Waals surface area (Å²) in [6.07, 6.45) is 0.201. The molecular formula is C13H24O2. The second-order valence-corrected chi connectivity index (χ2v) is 4.42. The molecule has 2 unspecified atom stereocenters. The summed E-state index contributed by atoms with van der Waals surface area (Å²) in [6, 6.07) is 0. The molecule has 0 N–H and O–H groups in total. The van der Waals surface area contributed by atoms with E-state index in [4.69, 9.17) is 9.47 Å². The van der Waals surface area contributed by atoms with E-state index in [0.717, 1.165) is 11.1 Å². The predicted molar refractivity (Wildman–Crippen MR) is 65.0 cm³/mol. The van der Waals surface area contributed by atoms with Crippen LogP contribution < -0.4 is 0 Å². The minimum absolute atomic E-state index is 0.201. The maximum atomic E-state index is 5.62. The molecule has 0 aromatic rings. The van der Waals surface area contributed by atoms with Crippen molar-refractivity contribution in [3.8, 4) is 0 Å². The van der Waals surface area contributed by atoms with Gasteiger partial charge in [-0.3, -0.25) is 0 Å². The van der Waals surface area contributed by atoms with E-state index in [0.29, 0.717) is 25.7 Å². The predicted octanol–water partition coefficient (Wildman–Crippen LogP) is 3.20. The van der Waals surface area contributed by atoms with E-state index < -0.39 is 0 Å². The number of hydrogen-bond donors (Lipinski definition) is 0. The molecule has 2 nitrogen and oxygen atoms in total. The van der Waals surface area contributed by atoms with Crippen molar-refractivity contribution < 1.29 is 9.47 Å². The molecule has 0 heterocycles. The van der Waals surface area contributed by atoms with Crippen LogP contribution in [0, 0.1) is 5.92 Å². The first-order valence-corrected chi connectivity index (χ1v) is 5.41. The highest BCUT2D eigenvalue weighted by molar-refractivity contribution is 4.88. The van der Waals surface area contributed by atoms with Crippen LogP contribution in [0.5, 0.6) is 0 Å². The Bertz CT molecular complexity index is 209. The third kappa shape index (κ3) is 8.40. The van der Waals surface area contributed by atoms with Crippen molar-refractivity contribution in [3.63, 3.8) is 0 Å². The molecular weight excluding hydrogens is 188 g/mol. The summed E-state index contributed by atoms with van der Waals surface area (Å²) in [5.74, 6) is 0.392. The van der Waals surface area contributed by atoms with Crippen LogP contribution in [0.1, 0.15) is 27.7 Å². The van der Waals surface area contributed by atoms with E-state index in [1.165, 1.54) is 0 Å². The second kappa shape index (κ2) is 7.66. The molecule has 0 spiro atoms. The second-order valence-electron chi connectivity index (χ2n) is 4.42. The number of ether oxygens (including phenoxy) is 2. The molecule has 0 aliphatic rings. The minimum atomic E-state index is 0.201. The lowest BCUT2D eigenvalue weighted by molar-refractivity contribution is 0.00684. The lowest BCUT2D eigenvalue weighted by Gasteiger charge is -2.20. The highest BCUT2D eigenvalue weighted by atomic mass is 16.5. The Labute approximate surface area is 94.0 Å². The molecule has 88 valence electrons. The molecule has 0 radical (unpaired) electrons. The molecule has 2 atom stereocenters. The lowest BCUT2D eigenvalue weighted by atomic mass is 10.1. The minimum Gasteiger partial charge on any atom is -0.377 e. The zero-order valence-electron chi connectivity index (χ0n) is 10.5. The van der Waals surface area contributed by atoms with Crippen LogP contribution in [0.4, 0.5) is 0 Å². The van der Waals surface area contributed by atoms with Crippen molar-refractivity contribution in [1.29, 1.82) is 0 Å². The average Bonchev–Trinajstić information content (AvgIpc) is 2.13. The molecule has 0 bridgehead atoms. The maximum Gasteiger partial charge on any atom is 0.0675 e. The topological polar surface area (TPSA) is 18.5 Å². The Morgan fingerprint density at radius 1 is 1.07 bits per heavy atom. The Kier molecular flexibility index (Phi) is 7.35. The first kappa shape index (κ1) is 14.4. The third-order valence-corrected chi connectivity index (χ3v) is 2.12. The fourth-order valence-electron chi connectivity index (χ4n) is 0.993. The number of hydrogen-bond acceptors (Lipinski definition) is 2. The monoisotopic (exact) mass is 212 g/mol. The molecule has 0 saturated carbocycles. The molecule has 15 heavy (non-hydrogen) atoms. The molecule has 0 saturated heterocycles. The quantitative estimate of drug-likeness (QED) is 0.575. The van der Waals surface area contributed by atoms with Crippen LogP contribution in [-0.2, 0) is 9.47 Å². The summed E-state index contributed by atoms with van der Waals surface area (Å²) >= 11 is 0. The summed E-state index contributed by atoms with van der Waals surface area (Å²) in [6.45, 7) is 17.7. The van der Waals surface area contributed by atoms with Gasteiger partial charge in [0.1, 0.15) is 0 Å². The van der Waals surface area contributed by atoms with E-state index in [1.807, 2.05) is 13.8 Å². The van der Waals surface area contributed by atoms with Gasteiger partial charge in [-0.15, -0.1) is 0 Å². The Morgan fingerprint density at radius 3 is 2.07 bits per heavy atom. The van der Waals surface area contributed by atoms with E-state index in [1.54, 1.807) is 0 Å². The fourth-order valence-corrected chi connectivity index (χ4v) is 0.993. The van der Waals surface area contributed by atoms with Crippen molar-refractivity contribution >= 4 is 0 Å². The molecule has 0 aliphatic carbocycles. The largest absolute Gasteiger partial charge is 0.377 e. The lowest BCUT2D eigenvalue weighted by Crippen LogP contribution is -2.23. The molecule has 0 aromatic heterocycles. The Morgan fingerprint density at radius 2 is 1.60 bits per heavy atom. The Balaban J connectivity index is 3.63. The highest BCUT2D eigenvalue weighted by Crippen LogP contribution is 2.09. The zero-order chi connectivity index (χ0) is 11.8. The van der Waals surface area contributed by atoms with Crippen molar-refractivity contribution in [2.75, 3.05) is 19.8 Å². The average molecular weight is 212 g/mol. The van der Waals surface area contributed by atoms with E-state index in [9.17, 15) is 0 Å². The van der Waals surface area contributed by atoms with Crippen LogP contribution in [0.15, 0.2) is 24.3 Å². The molecule has 0 aliphatic heterocycles. The maximum absolute atomic E-state index is 5.62. The smallest absolute Gasteiger partial charge is 0.0675 e.